The van der Waals surface area contributed by atoms with Crippen LogP contribution in [0.25, 0.3) is 0 Å². The van der Waals surface area contributed by atoms with E-state index in [4.69, 9.17) is 18.9 Å². The van der Waals surface area contributed by atoms with Gasteiger partial charge in [-0.15, -0.1) is 0 Å². The number of hydrogen-bond acceptors (Lipinski definition) is 10. The molecule has 0 radical (unpaired) electrons. The van der Waals surface area contributed by atoms with Crippen LogP contribution < -0.4 is 9.47 Å². The van der Waals surface area contributed by atoms with E-state index in [0.717, 1.165) is 50.6 Å². The maximum absolute atomic E-state index is 13.7. The zero-order valence-electron chi connectivity index (χ0n) is 22.4. The number of aliphatic hydroxyl groups is 2. The minimum Gasteiger partial charge on any atom is -0.497 e. The van der Waals surface area contributed by atoms with Gasteiger partial charge in [-0.2, -0.15) is 0 Å². The molecule has 1 spiro atoms. The lowest BCUT2D eigenvalue weighted by Crippen LogP contribution is -2.56. The number of rotatable bonds is 8. The number of carbonyl (C=O) groups is 2. The van der Waals surface area contributed by atoms with E-state index in [2.05, 4.69) is 9.64 Å². The lowest BCUT2D eigenvalue weighted by atomic mass is 9.77. The number of ether oxygens (including phenoxy) is 5. The average molecular weight is 532 g/mol. The Hall–Kier alpha value is -2.82. The van der Waals surface area contributed by atoms with E-state index in [1.807, 2.05) is 32.1 Å². The molecule has 10 heteroatoms. The van der Waals surface area contributed by atoms with Crippen molar-refractivity contribution in [2.75, 3.05) is 34.1 Å². The second-order valence-corrected chi connectivity index (χ2v) is 11.1. The van der Waals surface area contributed by atoms with Crippen molar-refractivity contribution >= 4 is 11.9 Å². The number of hydrogen-bond donors (Lipinski definition) is 2. The molecule has 1 aliphatic carbocycles. The molecule has 1 aromatic carbocycles. The van der Waals surface area contributed by atoms with Crippen LogP contribution in [-0.4, -0.2) is 84.5 Å². The highest BCUT2D eigenvalue weighted by atomic mass is 16.7. The van der Waals surface area contributed by atoms with Gasteiger partial charge in [0, 0.05) is 6.54 Å². The van der Waals surface area contributed by atoms with Crippen LogP contribution in [-0.2, 0) is 30.2 Å². The monoisotopic (exact) mass is 531 g/mol. The summed E-state index contributed by atoms with van der Waals surface area (Å²) in [6.07, 6.45) is 1.88. The van der Waals surface area contributed by atoms with Gasteiger partial charge in [0.15, 0.2) is 29.3 Å². The van der Waals surface area contributed by atoms with Gasteiger partial charge < -0.3 is 33.9 Å². The molecule has 1 fully saturated rings. The third-order valence-electron chi connectivity index (χ3n) is 8.53. The number of esters is 2. The predicted octanol–water partition coefficient (Wildman–Crippen LogP) is 2.05. The molecule has 5 atom stereocenters. The number of aliphatic hydroxyl groups excluding tert-OH is 1. The number of fused-ring (bicyclic) bond motifs is 3. The van der Waals surface area contributed by atoms with Crippen molar-refractivity contribution in [2.45, 2.75) is 75.2 Å². The standard InChI is InChI=1S/C28H37NO9/c1-16(2)6-9-28(33,24(30)25(31)35-4)26(32)38-23-21(34-3)14-27-8-5-10-29(27)11-7-17-12-19-20(37-15-36-19)13-18(17)22(23)27/h12-14,16,22-24,30,33H,5-11,15H2,1-4H3/t22?,23-,24-,27?,28-/m1/s1. The maximum atomic E-state index is 13.7. The smallest absolute Gasteiger partial charge is 0.342 e. The van der Waals surface area contributed by atoms with Gasteiger partial charge in [0.1, 0.15) is 5.76 Å². The van der Waals surface area contributed by atoms with E-state index >= 15 is 0 Å². The fourth-order valence-corrected chi connectivity index (χ4v) is 6.48. The molecular formula is C28H37NO9. The quantitative estimate of drug-likeness (QED) is 0.482. The molecule has 4 aliphatic rings. The molecule has 10 nitrogen and oxygen atoms in total. The largest absolute Gasteiger partial charge is 0.497 e. The number of benzene rings is 1. The lowest BCUT2D eigenvalue weighted by molar-refractivity contribution is -0.195. The summed E-state index contributed by atoms with van der Waals surface area (Å²) >= 11 is 0. The van der Waals surface area contributed by atoms with Gasteiger partial charge in [0.05, 0.1) is 25.7 Å². The third-order valence-corrected chi connectivity index (χ3v) is 8.53. The minimum absolute atomic E-state index is 0.105. The molecule has 0 aromatic heterocycles. The second-order valence-electron chi connectivity index (χ2n) is 11.1. The van der Waals surface area contributed by atoms with E-state index in [1.54, 1.807) is 0 Å². The van der Waals surface area contributed by atoms with Gasteiger partial charge in [-0.1, -0.05) is 13.8 Å². The molecule has 5 rings (SSSR count). The van der Waals surface area contributed by atoms with E-state index in [-0.39, 0.29) is 25.0 Å². The highest BCUT2D eigenvalue weighted by Gasteiger charge is 2.59. The Labute approximate surface area is 222 Å². The number of nitrogens with zero attached hydrogens (tertiary/aromatic N) is 1. The van der Waals surface area contributed by atoms with Gasteiger partial charge in [-0.05, 0) is 73.9 Å². The van der Waals surface area contributed by atoms with Gasteiger partial charge in [-0.3, -0.25) is 4.90 Å². The van der Waals surface area contributed by atoms with Crippen molar-refractivity contribution < 1.29 is 43.5 Å². The predicted molar refractivity (Wildman–Crippen MR) is 135 cm³/mol. The van der Waals surface area contributed by atoms with Gasteiger partial charge in [-0.25, -0.2) is 9.59 Å². The average Bonchev–Trinajstić information content (AvgIpc) is 3.59. The molecule has 0 saturated carbocycles. The van der Waals surface area contributed by atoms with E-state index in [0.29, 0.717) is 23.7 Å². The Morgan fingerprint density at radius 3 is 2.63 bits per heavy atom. The summed E-state index contributed by atoms with van der Waals surface area (Å²) in [5.41, 5.74) is -0.890. The summed E-state index contributed by atoms with van der Waals surface area (Å²) in [5, 5.41) is 22.1. The van der Waals surface area contributed by atoms with Crippen LogP contribution in [0, 0.1) is 5.92 Å². The van der Waals surface area contributed by atoms with Gasteiger partial charge >= 0.3 is 11.9 Å². The Balaban J connectivity index is 1.56. The minimum atomic E-state index is -2.48. The zero-order chi connectivity index (χ0) is 27.2. The molecule has 2 N–H and O–H groups in total. The maximum Gasteiger partial charge on any atom is 0.342 e. The first-order valence-corrected chi connectivity index (χ1v) is 13.3. The highest BCUT2D eigenvalue weighted by Crippen LogP contribution is 2.55. The van der Waals surface area contributed by atoms with Crippen molar-refractivity contribution in [3.63, 3.8) is 0 Å². The molecular weight excluding hydrogens is 494 g/mol. The molecule has 0 amide bonds. The van der Waals surface area contributed by atoms with E-state index in [9.17, 15) is 19.8 Å². The van der Waals surface area contributed by atoms with Crippen LogP contribution in [0.5, 0.6) is 11.5 Å². The number of methoxy groups -OCH3 is 2. The molecule has 3 aliphatic heterocycles. The number of carbonyl (C=O) groups excluding carboxylic acids is 2. The first kappa shape index (κ1) is 26.8. The Morgan fingerprint density at radius 2 is 1.95 bits per heavy atom. The van der Waals surface area contributed by atoms with Crippen LogP contribution in [0.15, 0.2) is 24.0 Å². The first-order chi connectivity index (χ1) is 18.1. The summed E-state index contributed by atoms with van der Waals surface area (Å²) in [6.45, 7) is 5.70. The van der Waals surface area contributed by atoms with Crippen molar-refractivity contribution in [1.82, 2.24) is 4.90 Å². The molecule has 3 heterocycles. The molecule has 2 unspecified atom stereocenters. The van der Waals surface area contributed by atoms with Gasteiger partial charge in [0.25, 0.3) is 0 Å². The Morgan fingerprint density at radius 1 is 1.21 bits per heavy atom. The Kier molecular flexibility index (Phi) is 7.08. The molecule has 38 heavy (non-hydrogen) atoms. The van der Waals surface area contributed by atoms with Crippen molar-refractivity contribution in [3.8, 4) is 11.5 Å². The van der Waals surface area contributed by atoms with Gasteiger partial charge in [0.2, 0.25) is 6.79 Å². The van der Waals surface area contributed by atoms with Crippen LogP contribution >= 0.6 is 0 Å². The van der Waals surface area contributed by atoms with Crippen LogP contribution in [0.1, 0.15) is 56.6 Å². The lowest BCUT2D eigenvalue weighted by Gasteiger charge is -2.40. The van der Waals surface area contributed by atoms with Crippen molar-refractivity contribution in [2.24, 2.45) is 5.92 Å². The van der Waals surface area contributed by atoms with Crippen molar-refractivity contribution in [3.05, 3.63) is 35.1 Å². The fraction of sp³-hybridized carbons (Fsp3) is 0.643. The third kappa shape index (κ3) is 4.23. The van der Waals surface area contributed by atoms with Crippen LogP contribution in [0.3, 0.4) is 0 Å². The zero-order valence-corrected chi connectivity index (χ0v) is 22.4. The summed E-state index contributed by atoms with van der Waals surface area (Å²) in [5.74, 6) is -0.634. The molecule has 0 bridgehead atoms. The summed E-state index contributed by atoms with van der Waals surface area (Å²) in [6, 6.07) is 3.96. The summed E-state index contributed by atoms with van der Waals surface area (Å²) < 4.78 is 27.8. The topological polar surface area (TPSA) is 124 Å². The first-order valence-electron chi connectivity index (χ1n) is 13.3. The summed E-state index contributed by atoms with van der Waals surface area (Å²) in [4.78, 5) is 28.4. The van der Waals surface area contributed by atoms with Crippen LogP contribution in [0.2, 0.25) is 0 Å². The molecule has 208 valence electrons. The van der Waals surface area contributed by atoms with E-state index < -0.39 is 35.3 Å². The van der Waals surface area contributed by atoms with Crippen LogP contribution in [0.4, 0.5) is 0 Å². The normalized spacial score (nSPS) is 27.9. The van der Waals surface area contributed by atoms with Crippen molar-refractivity contribution in [1.29, 1.82) is 0 Å². The summed E-state index contributed by atoms with van der Waals surface area (Å²) in [7, 11) is 2.62. The second kappa shape index (κ2) is 10.1. The molecule has 1 saturated heterocycles. The van der Waals surface area contributed by atoms with E-state index in [1.165, 1.54) is 7.11 Å². The Bertz CT molecular complexity index is 1130. The fourth-order valence-electron chi connectivity index (χ4n) is 6.48. The highest BCUT2D eigenvalue weighted by molar-refractivity contribution is 5.89. The SMILES string of the molecule is COC(=O)[C@@H](O)[C@](O)(CCC(C)C)C(=O)O[C@@H]1C(OC)=CC23CCCN2CCc2cc4c(cc2C13)OCO4. The molecule has 1 aromatic rings.